The highest BCUT2D eigenvalue weighted by molar-refractivity contribution is 5.92. The lowest BCUT2D eigenvalue weighted by Crippen LogP contribution is -2.30. The number of benzene rings is 1. The Morgan fingerprint density at radius 1 is 1.19 bits per heavy atom. The van der Waals surface area contributed by atoms with E-state index in [-0.39, 0.29) is 28.1 Å². The first-order valence-electron chi connectivity index (χ1n) is 11.8. The van der Waals surface area contributed by atoms with Gasteiger partial charge in [-0.3, -0.25) is 14.0 Å². The fraction of sp³-hybridized carbons (Fsp3) is 0.250. The van der Waals surface area contributed by atoms with E-state index in [0.717, 1.165) is 11.1 Å². The standard InChI is InChI=1S/C28H27N5O3/c1-19(2)36-16-8-15-32-26(30-24(34)13-12-21-10-5-4-6-11-21)22(18-29)17-23-27(32)31-25-20(3)9-7-14-33(25)28(23)35/h4-7,9-14,17,19H,8,15-16H2,1-3H3/b13-12+,30-26?. The molecule has 0 fully saturated rings. The third kappa shape index (κ3) is 5.32. The quantitative estimate of drug-likeness (QED) is 0.227. The fourth-order valence-corrected chi connectivity index (χ4v) is 3.92. The molecule has 1 amide bonds. The minimum Gasteiger partial charge on any atom is -0.379 e. The molecule has 0 unspecified atom stereocenters. The Hall–Kier alpha value is -4.35. The van der Waals surface area contributed by atoms with Crippen LogP contribution in [0.3, 0.4) is 0 Å². The molecule has 8 nitrogen and oxygen atoms in total. The first-order valence-corrected chi connectivity index (χ1v) is 11.8. The van der Waals surface area contributed by atoms with Crippen molar-refractivity contribution < 1.29 is 9.53 Å². The number of nitrogens with zero attached hydrogens (tertiary/aromatic N) is 5. The predicted octanol–water partition coefficient (Wildman–Crippen LogP) is 3.79. The molecule has 36 heavy (non-hydrogen) atoms. The maximum atomic E-state index is 13.3. The lowest BCUT2D eigenvalue weighted by molar-refractivity contribution is -0.113. The van der Waals surface area contributed by atoms with Gasteiger partial charge in [-0.15, -0.1) is 0 Å². The van der Waals surface area contributed by atoms with E-state index in [1.165, 1.54) is 16.5 Å². The van der Waals surface area contributed by atoms with Crippen molar-refractivity contribution in [3.63, 3.8) is 0 Å². The topological polar surface area (TPSA) is 102 Å². The third-order valence-corrected chi connectivity index (χ3v) is 5.64. The van der Waals surface area contributed by atoms with Crippen LogP contribution in [-0.2, 0) is 16.1 Å². The molecule has 8 heteroatoms. The highest BCUT2D eigenvalue weighted by Crippen LogP contribution is 2.13. The van der Waals surface area contributed by atoms with Gasteiger partial charge in [0, 0.05) is 25.4 Å². The SMILES string of the molecule is Cc1cccn2c(=O)c3cc(C#N)c(=NC(=O)/C=C/c4ccccc4)n(CCCOC(C)C)c3nc12. The summed E-state index contributed by atoms with van der Waals surface area (Å²) in [6.07, 6.45) is 5.33. The Labute approximate surface area is 208 Å². The number of carbonyl (C=O) groups excluding carboxylic acids is 1. The number of aromatic nitrogens is 3. The van der Waals surface area contributed by atoms with Gasteiger partial charge in [-0.2, -0.15) is 10.3 Å². The third-order valence-electron chi connectivity index (χ3n) is 5.64. The summed E-state index contributed by atoms with van der Waals surface area (Å²) in [5.74, 6) is -0.518. The van der Waals surface area contributed by atoms with Crippen molar-refractivity contribution in [1.82, 2.24) is 14.0 Å². The van der Waals surface area contributed by atoms with Gasteiger partial charge < -0.3 is 9.30 Å². The Bertz CT molecular complexity index is 1620. The molecule has 0 saturated carbocycles. The number of fused-ring (bicyclic) bond motifs is 2. The molecular weight excluding hydrogens is 454 g/mol. The summed E-state index contributed by atoms with van der Waals surface area (Å²) in [5.41, 5.74) is 2.57. The van der Waals surface area contributed by atoms with Crippen LogP contribution < -0.4 is 11.0 Å². The molecule has 0 atom stereocenters. The van der Waals surface area contributed by atoms with E-state index in [1.54, 1.807) is 22.9 Å². The summed E-state index contributed by atoms with van der Waals surface area (Å²) in [5, 5.41) is 10.2. The molecule has 4 aromatic rings. The molecule has 0 spiro atoms. The number of rotatable bonds is 7. The van der Waals surface area contributed by atoms with E-state index in [0.29, 0.717) is 30.9 Å². The zero-order chi connectivity index (χ0) is 25.7. The van der Waals surface area contributed by atoms with Gasteiger partial charge in [0.2, 0.25) is 0 Å². The molecule has 1 aromatic carbocycles. The van der Waals surface area contributed by atoms with Gasteiger partial charge in [-0.1, -0.05) is 36.4 Å². The van der Waals surface area contributed by atoms with Gasteiger partial charge in [0.05, 0.1) is 17.1 Å². The van der Waals surface area contributed by atoms with Gasteiger partial charge in [-0.25, -0.2) is 4.98 Å². The number of carbonyl (C=O) groups is 1. The number of pyridine rings is 2. The summed E-state index contributed by atoms with van der Waals surface area (Å²) >= 11 is 0. The van der Waals surface area contributed by atoms with Crippen molar-refractivity contribution in [1.29, 1.82) is 5.26 Å². The summed E-state index contributed by atoms with van der Waals surface area (Å²) in [6, 6.07) is 16.6. The maximum absolute atomic E-state index is 13.3. The lowest BCUT2D eigenvalue weighted by atomic mass is 10.2. The van der Waals surface area contributed by atoms with Gasteiger partial charge in [0.1, 0.15) is 17.4 Å². The van der Waals surface area contributed by atoms with Crippen LogP contribution in [-0.4, -0.2) is 32.6 Å². The number of aryl methyl sites for hydroxylation is 2. The molecule has 4 rings (SSSR count). The molecule has 0 bridgehead atoms. The second kappa shape index (κ2) is 10.9. The van der Waals surface area contributed by atoms with E-state index < -0.39 is 5.91 Å². The average molecular weight is 482 g/mol. The van der Waals surface area contributed by atoms with Gasteiger partial charge in [-0.05, 0) is 56.5 Å². The Balaban J connectivity index is 1.92. The van der Waals surface area contributed by atoms with Crippen LogP contribution in [0.4, 0.5) is 0 Å². The van der Waals surface area contributed by atoms with Crippen LogP contribution >= 0.6 is 0 Å². The van der Waals surface area contributed by atoms with Crippen LogP contribution in [0.15, 0.2) is 70.6 Å². The van der Waals surface area contributed by atoms with E-state index >= 15 is 0 Å². The Morgan fingerprint density at radius 2 is 1.97 bits per heavy atom. The highest BCUT2D eigenvalue weighted by atomic mass is 16.5. The molecule has 182 valence electrons. The maximum Gasteiger partial charge on any atom is 0.271 e. The normalized spacial score (nSPS) is 12.1. The first kappa shape index (κ1) is 24.8. The summed E-state index contributed by atoms with van der Waals surface area (Å²) in [6.45, 7) is 6.61. The zero-order valence-electron chi connectivity index (χ0n) is 20.5. The van der Waals surface area contributed by atoms with E-state index in [2.05, 4.69) is 11.1 Å². The van der Waals surface area contributed by atoms with Crippen LogP contribution in [0.5, 0.6) is 0 Å². The van der Waals surface area contributed by atoms with E-state index in [1.807, 2.05) is 57.2 Å². The molecule has 0 N–H and O–H groups in total. The first-order chi connectivity index (χ1) is 17.4. The minimum atomic E-state index is -0.518. The molecule has 0 aliphatic carbocycles. The zero-order valence-corrected chi connectivity index (χ0v) is 20.5. The van der Waals surface area contributed by atoms with Crippen molar-refractivity contribution in [3.8, 4) is 6.07 Å². The predicted molar refractivity (Wildman–Crippen MR) is 138 cm³/mol. The number of hydrogen-bond donors (Lipinski definition) is 0. The molecular formula is C28H27N5O3. The summed E-state index contributed by atoms with van der Waals surface area (Å²) < 4.78 is 8.83. The largest absolute Gasteiger partial charge is 0.379 e. The van der Waals surface area contributed by atoms with E-state index in [9.17, 15) is 14.9 Å². The molecule has 0 saturated heterocycles. The van der Waals surface area contributed by atoms with Crippen molar-refractivity contribution in [3.05, 3.63) is 93.3 Å². The Morgan fingerprint density at radius 3 is 2.69 bits per heavy atom. The van der Waals surface area contributed by atoms with Gasteiger partial charge in [0.15, 0.2) is 5.49 Å². The molecule has 0 aliphatic heterocycles. The molecule has 3 aromatic heterocycles. The number of ether oxygens (including phenoxy) is 1. The van der Waals surface area contributed by atoms with Crippen molar-refractivity contribution in [2.75, 3.05) is 6.61 Å². The lowest BCUT2D eigenvalue weighted by Gasteiger charge is -2.14. The van der Waals surface area contributed by atoms with Crippen LogP contribution in [0.2, 0.25) is 0 Å². The van der Waals surface area contributed by atoms with Crippen molar-refractivity contribution in [2.45, 2.75) is 39.8 Å². The molecule has 3 heterocycles. The summed E-state index contributed by atoms with van der Waals surface area (Å²) in [7, 11) is 0. The molecule has 0 radical (unpaired) electrons. The van der Waals surface area contributed by atoms with Crippen molar-refractivity contribution in [2.24, 2.45) is 4.99 Å². The number of nitriles is 1. The van der Waals surface area contributed by atoms with Crippen LogP contribution in [0.25, 0.3) is 22.8 Å². The van der Waals surface area contributed by atoms with Gasteiger partial charge >= 0.3 is 0 Å². The average Bonchev–Trinajstić information content (AvgIpc) is 2.87. The smallest absolute Gasteiger partial charge is 0.271 e. The summed E-state index contributed by atoms with van der Waals surface area (Å²) in [4.78, 5) is 35.2. The van der Waals surface area contributed by atoms with Crippen LogP contribution in [0, 0.1) is 18.3 Å². The number of hydrogen-bond acceptors (Lipinski definition) is 5. The monoisotopic (exact) mass is 481 g/mol. The van der Waals surface area contributed by atoms with Crippen LogP contribution in [0.1, 0.15) is 37.0 Å². The Kier molecular flexibility index (Phi) is 7.52. The van der Waals surface area contributed by atoms with E-state index in [4.69, 9.17) is 9.72 Å². The number of amides is 1. The fourth-order valence-electron chi connectivity index (χ4n) is 3.92. The molecule has 0 aliphatic rings. The van der Waals surface area contributed by atoms with Gasteiger partial charge in [0.25, 0.3) is 11.5 Å². The minimum absolute atomic E-state index is 0.0698. The highest BCUT2D eigenvalue weighted by Gasteiger charge is 2.15. The second-order valence-corrected chi connectivity index (χ2v) is 8.65. The second-order valence-electron chi connectivity index (χ2n) is 8.65. The van der Waals surface area contributed by atoms with Crippen molar-refractivity contribution >= 4 is 28.7 Å².